The van der Waals surface area contributed by atoms with Crippen LogP contribution in [-0.4, -0.2) is 53.6 Å². The molecule has 1 amide bonds. The number of hydrogen-bond acceptors (Lipinski definition) is 3. The Labute approximate surface area is 135 Å². The maximum atomic E-state index is 12.2. The lowest BCUT2D eigenvalue weighted by Gasteiger charge is -2.10. The van der Waals surface area contributed by atoms with Gasteiger partial charge in [-0.25, -0.2) is 4.79 Å². The number of carbonyl (C=O) groups is 2. The number of benzene rings is 1. The number of aromatic nitrogens is 1. The van der Waals surface area contributed by atoms with E-state index in [0.29, 0.717) is 18.7 Å². The minimum Gasteiger partial charge on any atom is -0.477 e. The number of aryl methyl sites for hydroxylation is 1. The lowest BCUT2D eigenvalue weighted by molar-refractivity contribution is -0.120. The van der Waals surface area contributed by atoms with Crippen molar-refractivity contribution in [3.05, 3.63) is 35.5 Å². The van der Waals surface area contributed by atoms with Gasteiger partial charge in [0.1, 0.15) is 5.69 Å². The summed E-state index contributed by atoms with van der Waals surface area (Å²) in [6.45, 7) is 3.74. The molecule has 0 aliphatic heterocycles. The van der Waals surface area contributed by atoms with Crippen LogP contribution in [0.15, 0.2) is 24.3 Å². The van der Waals surface area contributed by atoms with Crippen LogP contribution in [0.5, 0.6) is 0 Å². The summed E-state index contributed by atoms with van der Waals surface area (Å²) in [5.41, 5.74) is 1.64. The number of hydrogen-bond donors (Lipinski definition) is 2. The molecule has 6 heteroatoms. The molecule has 1 heterocycles. The van der Waals surface area contributed by atoms with E-state index in [-0.39, 0.29) is 18.0 Å². The molecule has 0 aliphatic rings. The predicted octanol–water partition coefficient (Wildman–Crippen LogP) is 1.58. The lowest BCUT2D eigenvalue weighted by Crippen LogP contribution is -2.32. The van der Waals surface area contributed by atoms with Crippen molar-refractivity contribution in [3.8, 4) is 0 Å². The van der Waals surface area contributed by atoms with Crippen molar-refractivity contribution >= 4 is 22.8 Å². The van der Waals surface area contributed by atoms with Gasteiger partial charge in [-0.05, 0) is 27.1 Å². The Morgan fingerprint density at radius 2 is 1.96 bits per heavy atom. The molecule has 2 rings (SSSR count). The van der Waals surface area contributed by atoms with Gasteiger partial charge in [-0.2, -0.15) is 0 Å². The summed E-state index contributed by atoms with van der Waals surface area (Å²) < 4.78 is 1.75. The molecule has 23 heavy (non-hydrogen) atoms. The number of likely N-dealkylation sites (N-methyl/N-ethyl adjacent to an activating group) is 1. The third-order valence-corrected chi connectivity index (χ3v) is 3.81. The molecule has 2 aromatic rings. The molecule has 0 radical (unpaired) electrons. The number of nitrogens with one attached hydrogen (secondary N) is 1. The number of aromatic carboxylic acids is 1. The molecule has 0 aliphatic carbocycles. The Hall–Kier alpha value is -2.34. The van der Waals surface area contributed by atoms with Crippen molar-refractivity contribution in [1.29, 1.82) is 0 Å². The van der Waals surface area contributed by atoms with Gasteiger partial charge in [-0.15, -0.1) is 0 Å². The van der Waals surface area contributed by atoms with Crippen molar-refractivity contribution < 1.29 is 14.7 Å². The molecule has 0 saturated heterocycles. The summed E-state index contributed by atoms with van der Waals surface area (Å²) in [6.07, 6.45) is 0.0720. The zero-order valence-corrected chi connectivity index (χ0v) is 13.8. The van der Waals surface area contributed by atoms with Gasteiger partial charge >= 0.3 is 5.97 Å². The second-order valence-corrected chi connectivity index (χ2v) is 5.72. The molecule has 0 bridgehead atoms. The van der Waals surface area contributed by atoms with E-state index in [0.717, 1.165) is 17.4 Å². The first-order chi connectivity index (χ1) is 11.0. The largest absolute Gasteiger partial charge is 0.477 e. The Morgan fingerprint density at radius 1 is 1.26 bits per heavy atom. The maximum absolute atomic E-state index is 12.2. The van der Waals surface area contributed by atoms with Gasteiger partial charge in [0, 0.05) is 36.1 Å². The first kappa shape index (κ1) is 17.0. The zero-order valence-electron chi connectivity index (χ0n) is 13.8. The third-order valence-electron chi connectivity index (χ3n) is 3.81. The number of para-hydroxylation sites is 1. The second kappa shape index (κ2) is 7.28. The Morgan fingerprint density at radius 3 is 2.57 bits per heavy atom. The fourth-order valence-corrected chi connectivity index (χ4v) is 2.77. The number of amides is 1. The number of carboxylic acids is 1. The van der Waals surface area contributed by atoms with E-state index >= 15 is 0 Å². The Bertz CT molecular complexity index is 719. The highest BCUT2D eigenvalue weighted by molar-refractivity contribution is 6.00. The topological polar surface area (TPSA) is 74.6 Å². The summed E-state index contributed by atoms with van der Waals surface area (Å²) in [5, 5.41) is 13.2. The summed E-state index contributed by atoms with van der Waals surface area (Å²) in [4.78, 5) is 25.9. The van der Waals surface area contributed by atoms with Gasteiger partial charge in [-0.1, -0.05) is 18.2 Å². The minimum absolute atomic E-state index is 0.0720. The number of rotatable bonds is 7. The van der Waals surface area contributed by atoms with Crippen LogP contribution in [0, 0.1) is 0 Å². The lowest BCUT2D eigenvalue weighted by atomic mass is 10.1. The third kappa shape index (κ3) is 3.71. The van der Waals surface area contributed by atoms with Gasteiger partial charge in [0.15, 0.2) is 0 Å². The van der Waals surface area contributed by atoms with Crippen LogP contribution in [0.2, 0.25) is 0 Å². The molecule has 0 saturated carbocycles. The van der Waals surface area contributed by atoms with Crippen LogP contribution in [0.4, 0.5) is 0 Å². The van der Waals surface area contributed by atoms with Crippen LogP contribution < -0.4 is 5.32 Å². The van der Waals surface area contributed by atoms with E-state index in [4.69, 9.17) is 0 Å². The summed E-state index contributed by atoms with van der Waals surface area (Å²) in [6, 6.07) is 7.50. The number of carboxylic acid groups (broad SMARTS) is 1. The van der Waals surface area contributed by atoms with Gasteiger partial charge in [0.2, 0.25) is 5.91 Å². The van der Waals surface area contributed by atoms with Crippen molar-refractivity contribution in [2.45, 2.75) is 19.9 Å². The summed E-state index contributed by atoms with van der Waals surface area (Å²) >= 11 is 0. The fourth-order valence-electron chi connectivity index (χ4n) is 2.77. The quantitative estimate of drug-likeness (QED) is 0.813. The Kier molecular flexibility index (Phi) is 5.39. The van der Waals surface area contributed by atoms with Crippen LogP contribution >= 0.6 is 0 Å². The molecule has 0 atom stereocenters. The minimum atomic E-state index is -1.00. The zero-order chi connectivity index (χ0) is 17.0. The molecule has 1 aromatic heterocycles. The van der Waals surface area contributed by atoms with E-state index in [1.165, 1.54) is 0 Å². The molecule has 0 spiro atoms. The number of fused-ring (bicyclic) bond motifs is 1. The molecular weight excluding hydrogens is 294 g/mol. The number of nitrogens with zero attached hydrogens (tertiary/aromatic N) is 2. The van der Waals surface area contributed by atoms with Crippen LogP contribution in [0.1, 0.15) is 23.0 Å². The normalized spacial score (nSPS) is 11.1. The number of carbonyl (C=O) groups excluding carboxylic acids is 1. The first-order valence-corrected chi connectivity index (χ1v) is 7.70. The standard InChI is InChI=1S/C17H23N3O3/c1-4-20-14-8-6-5-7-12(14)13(16(20)17(22)23)11-15(21)18-9-10-19(2)3/h5-8H,4,9-11H2,1-3H3,(H,18,21)(H,22,23). The molecule has 124 valence electrons. The van der Waals surface area contributed by atoms with Crippen molar-refractivity contribution in [2.75, 3.05) is 27.2 Å². The summed E-state index contributed by atoms with van der Waals surface area (Å²) in [5.74, 6) is -1.16. The molecule has 6 nitrogen and oxygen atoms in total. The van der Waals surface area contributed by atoms with Crippen LogP contribution in [0.3, 0.4) is 0 Å². The molecular formula is C17H23N3O3. The van der Waals surface area contributed by atoms with Crippen LogP contribution in [-0.2, 0) is 17.8 Å². The SMILES string of the molecule is CCn1c(C(=O)O)c(CC(=O)NCCN(C)C)c2ccccc21. The van der Waals surface area contributed by atoms with Gasteiger partial charge in [0.05, 0.1) is 6.42 Å². The van der Waals surface area contributed by atoms with Crippen molar-refractivity contribution in [1.82, 2.24) is 14.8 Å². The van der Waals surface area contributed by atoms with Gasteiger partial charge in [0.25, 0.3) is 0 Å². The molecule has 0 unspecified atom stereocenters. The van der Waals surface area contributed by atoms with Crippen LogP contribution in [0.25, 0.3) is 10.9 Å². The average molecular weight is 317 g/mol. The van der Waals surface area contributed by atoms with E-state index in [9.17, 15) is 14.7 Å². The highest BCUT2D eigenvalue weighted by atomic mass is 16.4. The first-order valence-electron chi connectivity index (χ1n) is 7.70. The maximum Gasteiger partial charge on any atom is 0.352 e. The fraction of sp³-hybridized carbons (Fsp3) is 0.412. The van der Waals surface area contributed by atoms with Crippen molar-refractivity contribution in [3.63, 3.8) is 0 Å². The van der Waals surface area contributed by atoms with Gasteiger partial charge < -0.3 is 19.9 Å². The van der Waals surface area contributed by atoms with E-state index in [2.05, 4.69) is 5.32 Å². The highest BCUT2D eigenvalue weighted by Crippen LogP contribution is 2.27. The smallest absolute Gasteiger partial charge is 0.352 e. The molecule has 1 aromatic carbocycles. The monoisotopic (exact) mass is 317 g/mol. The predicted molar refractivity (Wildman–Crippen MR) is 89.8 cm³/mol. The highest BCUT2D eigenvalue weighted by Gasteiger charge is 2.22. The molecule has 0 fully saturated rings. The molecule has 2 N–H and O–H groups in total. The van der Waals surface area contributed by atoms with Crippen molar-refractivity contribution in [2.24, 2.45) is 0 Å². The Balaban J connectivity index is 2.33. The summed E-state index contributed by atoms with van der Waals surface area (Å²) in [7, 11) is 3.87. The van der Waals surface area contributed by atoms with Gasteiger partial charge in [-0.3, -0.25) is 4.79 Å². The van der Waals surface area contributed by atoms with E-state index < -0.39 is 5.97 Å². The second-order valence-electron chi connectivity index (χ2n) is 5.72. The van der Waals surface area contributed by atoms with E-state index in [1.807, 2.05) is 50.2 Å². The van der Waals surface area contributed by atoms with E-state index in [1.54, 1.807) is 4.57 Å². The average Bonchev–Trinajstić information content (AvgIpc) is 2.81.